The second-order valence-electron chi connectivity index (χ2n) is 3.91. The van der Waals surface area contributed by atoms with E-state index >= 15 is 0 Å². The highest BCUT2D eigenvalue weighted by molar-refractivity contribution is 8.00. The van der Waals surface area contributed by atoms with E-state index in [1.54, 1.807) is 11.8 Å². The van der Waals surface area contributed by atoms with Crippen LogP contribution in [0.4, 0.5) is 0 Å². The van der Waals surface area contributed by atoms with Gasteiger partial charge in [0.2, 0.25) is 0 Å². The Hall–Kier alpha value is -0.220. The van der Waals surface area contributed by atoms with E-state index in [1.807, 2.05) is 6.92 Å². The maximum atomic E-state index is 11.5. The maximum absolute atomic E-state index is 11.5. The van der Waals surface area contributed by atoms with Crippen molar-refractivity contribution in [2.45, 2.75) is 37.5 Å². The van der Waals surface area contributed by atoms with Crippen molar-refractivity contribution in [2.24, 2.45) is 5.92 Å². The molecule has 3 atom stereocenters. The van der Waals surface area contributed by atoms with Gasteiger partial charge in [0.05, 0.1) is 18.6 Å². The van der Waals surface area contributed by atoms with Crippen LogP contribution in [-0.4, -0.2) is 34.8 Å². The molecule has 1 N–H and O–H groups in total. The second kappa shape index (κ2) is 4.53. The number of esters is 1. The summed E-state index contributed by atoms with van der Waals surface area (Å²) in [5.41, 5.74) is -0.855. The van der Waals surface area contributed by atoms with Gasteiger partial charge in [0, 0.05) is 11.0 Å². The summed E-state index contributed by atoms with van der Waals surface area (Å²) >= 11 is 1.72. The molecule has 82 valence electrons. The average Bonchev–Trinajstić information content (AvgIpc) is 2.47. The zero-order valence-electron chi connectivity index (χ0n) is 8.95. The van der Waals surface area contributed by atoms with E-state index in [4.69, 9.17) is 4.74 Å². The Morgan fingerprint density at radius 3 is 2.79 bits per heavy atom. The maximum Gasteiger partial charge on any atom is 0.311 e. The quantitative estimate of drug-likeness (QED) is 0.728. The Balaban J connectivity index is 2.73. The van der Waals surface area contributed by atoms with E-state index < -0.39 is 5.60 Å². The van der Waals surface area contributed by atoms with Gasteiger partial charge in [-0.15, -0.1) is 0 Å². The topological polar surface area (TPSA) is 46.5 Å². The summed E-state index contributed by atoms with van der Waals surface area (Å²) in [5, 5.41) is 10.7. The minimum absolute atomic E-state index is 0.287. The number of aliphatic hydroxyl groups is 1. The molecule has 0 aromatic rings. The lowest BCUT2D eigenvalue weighted by molar-refractivity contribution is -0.154. The van der Waals surface area contributed by atoms with Gasteiger partial charge in [0.25, 0.3) is 0 Å². The molecule has 1 saturated heterocycles. The Morgan fingerprint density at radius 1 is 1.79 bits per heavy atom. The fraction of sp³-hybridized carbons (Fsp3) is 0.900. The number of hydrogen-bond acceptors (Lipinski definition) is 4. The number of rotatable bonds is 3. The first-order valence-corrected chi connectivity index (χ1v) is 6.00. The fourth-order valence-electron chi connectivity index (χ4n) is 2.05. The zero-order valence-corrected chi connectivity index (χ0v) is 9.76. The molecule has 1 fully saturated rings. The smallest absolute Gasteiger partial charge is 0.311 e. The molecule has 0 spiro atoms. The SMILES string of the molecule is CCC(C(=O)OC)C1(O)CSC(C)C1. The van der Waals surface area contributed by atoms with Crippen LogP contribution < -0.4 is 0 Å². The first kappa shape index (κ1) is 11.9. The standard InChI is InChI=1S/C10H18O3S/c1-4-8(9(11)13-3)10(12)5-7(2)14-6-10/h7-8,12H,4-6H2,1-3H3. The average molecular weight is 218 g/mol. The van der Waals surface area contributed by atoms with Crippen LogP contribution in [0.15, 0.2) is 0 Å². The fourth-order valence-corrected chi connectivity index (χ4v) is 3.35. The van der Waals surface area contributed by atoms with Crippen molar-refractivity contribution in [3.8, 4) is 0 Å². The molecule has 4 heteroatoms. The monoisotopic (exact) mass is 218 g/mol. The van der Waals surface area contributed by atoms with E-state index in [0.717, 1.165) is 0 Å². The molecule has 1 aliphatic heterocycles. The highest BCUT2D eigenvalue weighted by Crippen LogP contribution is 2.40. The number of carbonyl (C=O) groups excluding carboxylic acids is 1. The van der Waals surface area contributed by atoms with Crippen LogP contribution in [0.3, 0.4) is 0 Å². The molecular formula is C10H18O3S. The lowest BCUT2D eigenvalue weighted by Gasteiger charge is -2.29. The number of carbonyl (C=O) groups is 1. The number of methoxy groups -OCH3 is 1. The second-order valence-corrected chi connectivity index (χ2v) is 5.34. The molecule has 1 rings (SSSR count). The zero-order chi connectivity index (χ0) is 10.8. The van der Waals surface area contributed by atoms with Gasteiger partial charge in [-0.1, -0.05) is 13.8 Å². The molecule has 0 bridgehead atoms. The van der Waals surface area contributed by atoms with Gasteiger partial charge in [-0.25, -0.2) is 0 Å². The van der Waals surface area contributed by atoms with Gasteiger partial charge in [-0.05, 0) is 12.8 Å². The van der Waals surface area contributed by atoms with Crippen molar-refractivity contribution in [2.75, 3.05) is 12.9 Å². The van der Waals surface area contributed by atoms with E-state index in [2.05, 4.69) is 6.92 Å². The Kier molecular flexibility index (Phi) is 3.84. The molecule has 3 unspecified atom stereocenters. The molecule has 1 aliphatic rings. The van der Waals surface area contributed by atoms with Gasteiger partial charge in [-0.3, -0.25) is 4.79 Å². The molecule has 0 radical (unpaired) electrons. The predicted molar refractivity (Wildman–Crippen MR) is 57.3 cm³/mol. The van der Waals surface area contributed by atoms with Gasteiger partial charge in [-0.2, -0.15) is 11.8 Å². The summed E-state index contributed by atoms with van der Waals surface area (Å²) in [6, 6.07) is 0. The van der Waals surface area contributed by atoms with Crippen LogP contribution in [0, 0.1) is 5.92 Å². The summed E-state index contributed by atoms with van der Waals surface area (Å²) in [7, 11) is 1.37. The Morgan fingerprint density at radius 2 is 2.43 bits per heavy atom. The highest BCUT2D eigenvalue weighted by atomic mass is 32.2. The van der Waals surface area contributed by atoms with Crippen LogP contribution in [0.5, 0.6) is 0 Å². The van der Waals surface area contributed by atoms with Gasteiger partial charge < -0.3 is 9.84 Å². The first-order valence-electron chi connectivity index (χ1n) is 4.95. The van der Waals surface area contributed by atoms with Gasteiger partial charge in [0.15, 0.2) is 0 Å². The largest absolute Gasteiger partial charge is 0.469 e. The van der Waals surface area contributed by atoms with E-state index in [0.29, 0.717) is 23.8 Å². The van der Waals surface area contributed by atoms with Crippen LogP contribution in [0.1, 0.15) is 26.7 Å². The minimum Gasteiger partial charge on any atom is -0.469 e. The number of ether oxygens (including phenoxy) is 1. The molecule has 1 heterocycles. The van der Waals surface area contributed by atoms with Crippen molar-refractivity contribution >= 4 is 17.7 Å². The molecule has 0 aliphatic carbocycles. The minimum atomic E-state index is -0.855. The molecule has 3 nitrogen and oxygen atoms in total. The van der Waals surface area contributed by atoms with Crippen LogP contribution in [-0.2, 0) is 9.53 Å². The summed E-state index contributed by atoms with van der Waals surface area (Å²) in [6.45, 7) is 3.99. The lowest BCUT2D eigenvalue weighted by Crippen LogP contribution is -2.43. The summed E-state index contributed by atoms with van der Waals surface area (Å²) < 4.78 is 4.71. The molecule has 0 aromatic carbocycles. The molecule has 0 saturated carbocycles. The van der Waals surface area contributed by atoms with Crippen LogP contribution in [0.2, 0.25) is 0 Å². The number of thioether (sulfide) groups is 1. The van der Waals surface area contributed by atoms with E-state index in [9.17, 15) is 9.90 Å². The van der Waals surface area contributed by atoms with Crippen molar-refractivity contribution in [3.63, 3.8) is 0 Å². The van der Waals surface area contributed by atoms with Gasteiger partial charge >= 0.3 is 5.97 Å². The normalized spacial score (nSPS) is 34.1. The molecule has 0 amide bonds. The van der Waals surface area contributed by atoms with Crippen molar-refractivity contribution in [3.05, 3.63) is 0 Å². The van der Waals surface area contributed by atoms with Crippen molar-refractivity contribution in [1.29, 1.82) is 0 Å². The third-order valence-electron chi connectivity index (χ3n) is 2.80. The number of hydrogen-bond donors (Lipinski definition) is 1. The Labute approximate surface area is 89.2 Å². The van der Waals surface area contributed by atoms with E-state index in [1.165, 1.54) is 7.11 Å². The third kappa shape index (κ3) is 2.23. The first-order chi connectivity index (χ1) is 6.53. The predicted octanol–water partition coefficient (Wildman–Crippen LogP) is 1.44. The molecule has 0 aromatic heterocycles. The molecular weight excluding hydrogens is 200 g/mol. The molecule has 14 heavy (non-hydrogen) atoms. The summed E-state index contributed by atoms with van der Waals surface area (Å²) in [4.78, 5) is 11.5. The lowest BCUT2D eigenvalue weighted by atomic mass is 9.83. The van der Waals surface area contributed by atoms with Crippen molar-refractivity contribution in [1.82, 2.24) is 0 Å². The summed E-state index contributed by atoms with van der Waals surface area (Å²) in [6.07, 6.45) is 1.32. The summed E-state index contributed by atoms with van der Waals surface area (Å²) in [5.74, 6) is -0.0171. The van der Waals surface area contributed by atoms with Gasteiger partial charge in [0.1, 0.15) is 0 Å². The highest BCUT2D eigenvalue weighted by Gasteiger charge is 2.45. The Bertz CT molecular complexity index is 219. The van der Waals surface area contributed by atoms with Crippen LogP contribution >= 0.6 is 11.8 Å². The van der Waals surface area contributed by atoms with Crippen molar-refractivity contribution < 1.29 is 14.6 Å². The van der Waals surface area contributed by atoms with E-state index in [-0.39, 0.29) is 11.9 Å². The van der Waals surface area contributed by atoms with Crippen LogP contribution in [0.25, 0.3) is 0 Å². The third-order valence-corrected chi connectivity index (χ3v) is 4.20.